The molecule has 0 aliphatic carbocycles. The quantitative estimate of drug-likeness (QED) is 0.882. The first-order valence-corrected chi connectivity index (χ1v) is 8.31. The van der Waals surface area contributed by atoms with E-state index >= 15 is 0 Å². The molecule has 0 amide bonds. The summed E-state index contributed by atoms with van der Waals surface area (Å²) in [6.07, 6.45) is 0. The number of nitrogens with zero attached hydrogens (tertiary/aromatic N) is 2. The summed E-state index contributed by atoms with van der Waals surface area (Å²) in [4.78, 5) is 4.08. The van der Waals surface area contributed by atoms with Crippen LogP contribution in [0.2, 0.25) is 0 Å². The Balaban J connectivity index is 2.06. The molecule has 7 heteroatoms. The van der Waals surface area contributed by atoms with E-state index in [9.17, 15) is 12.8 Å². The number of benzene rings is 1. The largest absolute Gasteiger partial charge is 0.371 e. The molecule has 1 N–H and O–H groups in total. The third-order valence-corrected chi connectivity index (χ3v) is 4.88. The van der Waals surface area contributed by atoms with Crippen molar-refractivity contribution in [2.24, 2.45) is 0 Å². The number of halogens is 1. The van der Waals surface area contributed by atoms with E-state index in [-0.39, 0.29) is 11.6 Å². The maximum atomic E-state index is 13.3. The number of hydrogen-bond acceptors (Lipinski definition) is 4. The number of rotatable bonds is 5. The van der Waals surface area contributed by atoms with Gasteiger partial charge in [0.1, 0.15) is 5.82 Å². The molecule has 1 heterocycles. The molecule has 5 nitrogen and oxygen atoms in total. The van der Waals surface area contributed by atoms with Gasteiger partial charge in [-0.2, -0.15) is 0 Å². The molecule has 2 rings (SSSR count). The van der Waals surface area contributed by atoms with Gasteiger partial charge in [-0.25, -0.2) is 17.5 Å². The fraction of sp³-hybridized carbons (Fsp3) is 0.538. The molecule has 1 aromatic carbocycles. The molecule has 0 fully saturated rings. The van der Waals surface area contributed by atoms with Gasteiger partial charge in [-0.15, -0.1) is 0 Å². The van der Waals surface area contributed by atoms with Crippen molar-refractivity contribution < 1.29 is 12.8 Å². The summed E-state index contributed by atoms with van der Waals surface area (Å²) in [5.74, 6) is -0.179. The second-order valence-corrected chi connectivity index (χ2v) is 6.93. The van der Waals surface area contributed by atoms with Crippen molar-refractivity contribution >= 4 is 21.4 Å². The number of nitrogens with one attached hydrogen (secondary N) is 1. The highest BCUT2D eigenvalue weighted by Crippen LogP contribution is 2.32. The summed E-state index contributed by atoms with van der Waals surface area (Å²) in [6.45, 7) is 4.12. The topological polar surface area (TPSA) is 52.7 Å². The Morgan fingerprint density at radius 2 is 2.05 bits per heavy atom. The maximum Gasteiger partial charge on any atom is 0.211 e. The van der Waals surface area contributed by atoms with E-state index in [1.807, 2.05) is 11.9 Å². The number of fused-ring (bicyclic) bond motifs is 1. The summed E-state index contributed by atoms with van der Waals surface area (Å²) in [7, 11) is -1.24. The lowest BCUT2D eigenvalue weighted by Crippen LogP contribution is -2.43. The highest BCUT2D eigenvalue weighted by atomic mass is 32.2. The lowest BCUT2D eigenvalue weighted by atomic mass is 10.1. The molecule has 112 valence electrons. The van der Waals surface area contributed by atoms with Gasteiger partial charge in [-0.3, -0.25) is 0 Å². The summed E-state index contributed by atoms with van der Waals surface area (Å²) >= 11 is 0. The monoisotopic (exact) mass is 301 g/mol. The van der Waals surface area contributed by atoms with Crippen molar-refractivity contribution in [3.8, 4) is 0 Å². The normalized spacial score (nSPS) is 15.3. The van der Waals surface area contributed by atoms with Crippen LogP contribution in [0.25, 0.3) is 0 Å². The smallest absolute Gasteiger partial charge is 0.211 e. The fourth-order valence-electron chi connectivity index (χ4n) is 2.25. The second-order valence-electron chi connectivity index (χ2n) is 4.84. The number of anilines is 2. The molecule has 0 saturated carbocycles. The van der Waals surface area contributed by atoms with Crippen LogP contribution in [-0.2, 0) is 10.0 Å². The Morgan fingerprint density at radius 1 is 1.30 bits per heavy atom. The Morgan fingerprint density at radius 3 is 2.75 bits per heavy atom. The summed E-state index contributed by atoms with van der Waals surface area (Å²) in [5.41, 5.74) is 1.78. The van der Waals surface area contributed by atoms with E-state index in [2.05, 4.69) is 9.62 Å². The first-order chi connectivity index (χ1) is 9.43. The van der Waals surface area contributed by atoms with E-state index in [1.165, 1.54) is 12.1 Å². The predicted octanol–water partition coefficient (Wildman–Crippen LogP) is 1.02. The molecule has 0 aromatic heterocycles. The third-order valence-electron chi connectivity index (χ3n) is 3.48. The van der Waals surface area contributed by atoms with Gasteiger partial charge < -0.3 is 9.80 Å². The zero-order valence-electron chi connectivity index (χ0n) is 11.8. The molecule has 1 aliphatic heterocycles. The second kappa shape index (κ2) is 5.97. The van der Waals surface area contributed by atoms with Crippen molar-refractivity contribution in [1.29, 1.82) is 0 Å². The molecular weight excluding hydrogens is 281 g/mol. The van der Waals surface area contributed by atoms with Crippen molar-refractivity contribution in [3.05, 3.63) is 24.0 Å². The van der Waals surface area contributed by atoms with Gasteiger partial charge >= 0.3 is 0 Å². The first kappa shape index (κ1) is 15.1. The lowest BCUT2D eigenvalue weighted by molar-refractivity contribution is 0.581. The molecule has 20 heavy (non-hydrogen) atoms. The van der Waals surface area contributed by atoms with Gasteiger partial charge in [-0.05, 0) is 25.1 Å². The van der Waals surface area contributed by atoms with Crippen LogP contribution in [0.15, 0.2) is 18.2 Å². The number of sulfonamides is 1. The van der Waals surface area contributed by atoms with Gasteiger partial charge in [0.25, 0.3) is 0 Å². The summed E-state index contributed by atoms with van der Waals surface area (Å²) in [5, 5.41) is 0. The molecule has 0 radical (unpaired) electrons. The molecule has 0 spiro atoms. The summed E-state index contributed by atoms with van der Waals surface area (Å²) in [6, 6.07) is 4.69. The van der Waals surface area contributed by atoms with Crippen LogP contribution in [0.1, 0.15) is 6.92 Å². The Hall–Kier alpha value is -1.34. The molecule has 0 unspecified atom stereocenters. The summed E-state index contributed by atoms with van der Waals surface area (Å²) < 4.78 is 38.7. The fourth-order valence-corrected chi connectivity index (χ4v) is 2.86. The van der Waals surface area contributed by atoms with Crippen molar-refractivity contribution in [1.82, 2.24) is 4.72 Å². The maximum absolute atomic E-state index is 13.3. The minimum Gasteiger partial charge on any atom is -0.371 e. The first-order valence-electron chi connectivity index (χ1n) is 6.66. The Labute approximate surface area is 119 Å². The van der Waals surface area contributed by atoms with E-state index in [4.69, 9.17) is 0 Å². The van der Waals surface area contributed by atoms with E-state index in [0.29, 0.717) is 13.1 Å². The van der Waals surface area contributed by atoms with Crippen LogP contribution in [0.4, 0.5) is 15.8 Å². The molecule has 0 saturated heterocycles. The number of likely N-dealkylation sites (N-methyl/N-ethyl adjacent to an activating group) is 1. The van der Waals surface area contributed by atoms with Crippen LogP contribution < -0.4 is 14.5 Å². The van der Waals surface area contributed by atoms with Gasteiger partial charge in [-0.1, -0.05) is 0 Å². The lowest BCUT2D eigenvalue weighted by Gasteiger charge is -2.37. The van der Waals surface area contributed by atoms with Crippen LogP contribution >= 0.6 is 0 Å². The number of hydrogen-bond donors (Lipinski definition) is 1. The minimum atomic E-state index is -3.16. The minimum absolute atomic E-state index is 0.0809. The van der Waals surface area contributed by atoms with Gasteiger partial charge in [0.2, 0.25) is 10.0 Å². The SMILES string of the molecule is CCS(=O)(=O)NCCN1CCN(C)c2cc(F)ccc21. The van der Waals surface area contributed by atoms with Gasteiger partial charge in [0.05, 0.1) is 17.1 Å². The zero-order chi connectivity index (χ0) is 14.8. The Kier molecular flexibility index (Phi) is 4.49. The average molecular weight is 301 g/mol. The third kappa shape index (κ3) is 3.40. The van der Waals surface area contributed by atoms with Crippen LogP contribution in [0.3, 0.4) is 0 Å². The molecule has 0 bridgehead atoms. The molecule has 0 atom stereocenters. The van der Waals surface area contributed by atoms with Crippen molar-refractivity contribution in [3.63, 3.8) is 0 Å². The highest BCUT2D eigenvalue weighted by molar-refractivity contribution is 7.89. The van der Waals surface area contributed by atoms with Crippen molar-refractivity contribution in [2.45, 2.75) is 6.92 Å². The van der Waals surface area contributed by atoms with E-state index in [1.54, 1.807) is 13.0 Å². The highest BCUT2D eigenvalue weighted by Gasteiger charge is 2.20. The van der Waals surface area contributed by atoms with Crippen LogP contribution in [0, 0.1) is 5.82 Å². The van der Waals surface area contributed by atoms with E-state index in [0.717, 1.165) is 24.5 Å². The van der Waals surface area contributed by atoms with E-state index < -0.39 is 10.0 Å². The molecular formula is C13H20FN3O2S. The van der Waals surface area contributed by atoms with Gasteiger partial charge in [0, 0.05) is 33.2 Å². The van der Waals surface area contributed by atoms with Crippen LogP contribution in [0.5, 0.6) is 0 Å². The van der Waals surface area contributed by atoms with Gasteiger partial charge in [0.15, 0.2) is 0 Å². The van der Waals surface area contributed by atoms with Crippen molar-refractivity contribution in [2.75, 3.05) is 48.8 Å². The zero-order valence-corrected chi connectivity index (χ0v) is 12.6. The Bertz CT molecular complexity index is 577. The van der Waals surface area contributed by atoms with Crippen LogP contribution in [-0.4, -0.2) is 47.4 Å². The predicted molar refractivity (Wildman–Crippen MR) is 79.3 cm³/mol. The molecule has 1 aliphatic rings. The standard InChI is InChI=1S/C13H20FN3O2S/c1-3-20(18,19)15-6-7-17-9-8-16(2)13-10-11(14)4-5-12(13)17/h4-5,10,15H,3,6-9H2,1-2H3. The average Bonchev–Trinajstić information content (AvgIpc) is 2.41. The molecule has 1 aromatic rings.